The van der Waals surface area contributed by atoms with Crippen LogP contribution >= 0.6 is 0 Å². The van der Waals surface area contributed by atoms with Gasteiger partial charge < -0.3 is 0 Å². The highest BCUT2D eigenvalue weighted by Gasteiger charge is 2.48. The number of hydrogen-bond donors (Lipinski definition) is 0. The Morgan fingerprint density at radius 2 is 0.533 bits per heavy atom. The zero-order valence-corrected chi connectivity index (χ0v) is 22.5. The largest absolute Gasteiger partial charge is 0.0776 e. The molecule has 2 aliphatic rings. The van der Waals surface area contributed by atoms with E-state index in [2.05, 4.69) is 104 Å². The SMILES string of the molecule is C.C.CC1C(C(C)(C)C)CC1C(C)(C)C.CC1C(C)C(C(C)(C)C)CC1C(C)(C)C. The predicted octanol–water partition coefficient (Wildman–Crippen LogP) is 10.6. The van der Waals surface area contributed by atoms with Crippen LogP contribution < -0.4 is 0 Å². The summed E-state index contributed by atoms with van der Waals surface area (Å²) in [7, 11) is 0. The Morgan fingerprint density at radius 3 is 0.633 bits per heavy atom. The molecule has 0 saturated heterocycles. The fraction of sp³-hybridized carbons (Fsp3) is 1.00. The topological polar surface area (TPSA) is 0 Å². The molecular weight excluding hydrogens is 360 g/mol. The van der Waals surface area contributed by atoms with Gasteiger partial charge in [-0.1, -0.05) is 119 Å². The average Bonchev–Trinajstić information content (AvgIpc) is 2.70. The van der Waals surface area contributed by atoms with Gasteiger partial charge in [-0.15, -0.1) is 0 Å². The summed E-state index contributed by atoms with van der Waals surface area (Å²) >= 11 is 0. The monoisotopic (exact) mass is 425 g/mol. The first-order valence-electron chi connectivity index (χ1n) is 12.2. The maximum Gasteiger partial charge on any atom is -0.0334 e. The van der Waals surface area contributed by atoms with Crippen molar-refractivity contribution in [1.82, 2.24) is 0 Å². The van der Waals surface area contributed by atoms with Gasteiger partial charge in [-0.05, 0) is 75.9 Å². The second kappa shape index (κ2) is 10.3. The highest BCUT2D eigenvalue weighted by molar-refractivity contribution is 4.97. The maximum absolute atomic E-state index is 2.46. The molecule has 0 heterocycles. The summed E-state index contributed by atoms with van der Waals surface area (Å²) in [5, 5.41) is 0. The minimum absolute atomic E-state index is 0. The molecule has 0 nitrogen and oxygen atoms in total. The third-order valence-electron chi connectivity index (χ3n) is 8.83. The molecule has 2 fully saturated rings. The van der Waals surface area contributed by atoms with Gasteiger partial charge in [0.15, 0.2) is 0 Å². The molecule has 0 heteroatoms. The van der Waals surface area contributed by atoms with Crippen LogP contribution in [0.1, 0.15) is 132 Å². The van der Waals surface area contributed by atoms with E-state index >= 15 is 0 Å². The van der Waals surface area contributed by atoms with E-state index in [1.807, 2.05) is 0 Å². The molecule has 0 aromatic rings. The van der Waals surface area contributed by atoms with E-state index in [-0.39, 0.29) is 14.9 Å². The molecule has 6 atom stereocenters. The normalized spacial score (nSPS) is 34.7. The maximum atomic E-state index is 2.46. The summed E-state index contributed by atoms with van der Waals surface area (Å²) in [5.74, 6) is 6.37. The molecule has 0 aromatic carbocycles. The molecule has 30 heavy (non-hydrogen) atoms. The lowest BCUT2D eigenvalue weighted by molar-refractivity contribution is -0.0563. The molecule has 2 aliphatic carbocycles. The fourth-order valence-electron chi connectivity index (χ4n) is 6.79. The van der Waals surface area contributed by atoms with Gasteiger partial charge in [0, 0.05) is 0 Å². The van der Waals surface area contributed by atoms with Crippen LogP contribution in [-0.2, 0) is 0 Å². The van der Waals surface area contributed by atoms with Gasteiger partial charge in [0.25, 0.3) is 0 Å². The third kappa shape index (κ3) is 7.55. The van der Waals surface area contributed by atoms with Gasteiger partial charge in [-0.2, -0.15) is 0 Å². The van der Waals surface area contributed by atoms with Crippen LogP contribution in [0.25, 0.3) is 0 Å². The highest BCUT2D eigenvalue weighted by Crippen LogP contribution is 2.56. The van der Waals surface area contributed by atoms with Crippen LogP contribution in [0.3, 0.4) is 0 Å². The van der Waals surface area contributed by atoms with E-state index < -0.39 is 0 Å². The quantitative estimate of drug-likeness (QED) is 0.362. The van der Waals surface area contributed by atoms with Crippen LogP contribution in [-0.4, -0.2) is 0 Å². The van der Waals surface area contributed by atoms with Gasteiger partial charge in [0.1, 0.15) is 0 Å². The zero-order chi connectivity index (χ0) is 22.5. The first-order chi connectivity index (χ1) is 12.2. The lowest BCUT2D eigenvalue weighted by Gasteiger charge is -2.55. The van der Waals surface area contributed by atoms with E-state index in [0.29, 0.717) is 21.7 Å². The van der Waals surface area contributed by atoms with E-state index in [0.717, 1.165) is 41.4 Å². The molecule has 0 aliphatic heterocycles. The Morgan fingerprint density at radius 1 is 0.367 bits per heavy atom. The highest BCUT2D eigenvalue weighted by atomic mass is 14.5. The van der Waals surface area contributed by atoms with Crippen LogP contribution in [0.2, 0.25) is 0 Å². The fourth-order valence-corrected chi connectivity index (χ4v) is 6.79. The minimum atomic E-state index is 0. The van der Waals surface area contributed by atoms with Crippen molar-refractivity contribution in [2.45, 2.75) is 132 Å². The molecule has 184 valence electrons. The molecule has 0 aromatic heterocycles. The summed E-state index contributed by atoms with van der Waals surface area (Å²) in [5.41, 5.74) is 1.99. The Balaban J connectivity index is 0. The second-order valence-electron chi connectivity index (χ2n) is 14.9. The molecular formula is C30H64. The molecule has 2 rings (SSSR count). The van der Waals surface area contributed by atoms with Crippen molar-refractivity contribution >= 4 is 0 Å². The summed E-state index contributed by atoms with van der Waals surface area (Å²) < 4.78 is 0. The van der Waals surface area contributed by atoms with Crippen molar-refractivity contribution in [3.63, 3.8) is 0 Å². The predicted molar refractivity (Wildman–Crippen MR) is 142 cm³/mol. The van der Waals surface area contributed by atoms with E-state index in [9.17, 15) is 0 Å². The Labute approximate surface area is 194 Å². The Bertz CT molecular complexity index is 440. The van der Waals surface area contributed by atoms with Gasteiger partial charge in [-0.3, -0.25) is 0 Å². The van der Waals surface area contributed by atoms with Crippen molar-refractivity contribution in [2.24, 2.45) is 63.1 Å². The summed E-state index contributed by atoms with van der Waals surface area (Å²) in [6.07, 6.45) is 2.86. The molecule has 0 spiro atoms. The van der Waals surface area contributed by atoms with E-state index in [1.54, 1.807) is 0 Å². The van der Waals surface area contributed by atoms with Gasteiger partial charge in [0.05, 0.1) is 0 Å². The van der Waals surface area contributed by atoms with Crippen molar-refractivity contribution in [3.05, 3.63) is 0 Å². The summed E-state index contributed by atoms with van der Waals surface area (Å²) in [6, 6.07) is 0. The number of hydrogen-bond acceptors (Lipinski definition) is 0. The van der Waals surface area contributed by atoms with Crippen LogP contribution in [0.4, 0.5) is 0 Å². The number of rotatable bonds is 0. The standard InChI is InChI=1S/C15H30.C13H26.2CH4/c1-10-11(2)13(15(6,7)8)9-12(10)14(3,4)5;1-9-10(12(2,3)4)8-11(9)13(5,6)7;;/h10-13H,9H2,1-8H3;9-11H,8H2,1-7H3;2*1H4. The van der Waals surface area contributed by atoms with E-state index in [4.69, 9.17) is 0 Å². The summed E-state index contributed by atoms with van der Waals surface area (Å²) in [6.45, 7) is 36.1. The minimum Gasteiger partial charge on any atom is -0.0776 e. The van der Waals surface area contributed by atoms with Gasteiger partial charge >= 0.3 is 0 Å². The van der Waals surface area contributed by atoms with Crippen LogP contribution in [0.5, 0.6) is 0 Å². The molecule has 2 saturated carbocycles. The molecule has 0 bridgehead atoms. The average molecular weight is 425 g/mol. The molecule has 0 N–H and O–H groups in total. The zero-order valence-electron chi connectivity index (χ0n) is 22.5. The van der Waals surface area contributed by atoms with Gasteiger partial charge in [-0.25, -0.2) is 0 Å². The first-order valence-corrected chi connectivity index (χ1v) is 12.2. The Hall–Kier alpha value is 0. The molecule has 0 amide bonds. The second-order valence-corrected chi connectivity index (χ2v) is 14.9. The summed E-state index contributed by atoms with van der Waals surface area (Å²) in [4.78, 5) is 0. The molecule has 6 unspecified atom stereocenters. The van der Waals surface area contributed by atoms with Crippen molar-refractivity contribution in [3.8, 4) is 0 Å². The van der Waals surface area contributed by atoms with Crippen LogP contribution in [0, 0.1) is 63.1 Å². The third-order valence-corrected chi connectivity index (χ3v) is 8.83. The van der Waals surface area contributed by atoms with Crippen molar-refractivity contribution in [2.75, 3.05) is 0 Å². The van der Waals surface area contributed by atoms with Gasteiger partial charge in [0.2, 0.25) is 0 Å². The van der Waals surface area contributed by atoms with Crippen LogP contribution in [0.15, 0.2) is 0 Å². The van der Waals surface area contributed by atoms with E-state index in [1.165, 1.54) is 12.8 Å². The molecule has 0 radical (unpaired) electrons. The Kier molecular flexibility index (Phi) is 11.0. The lowest BCUT2D eigenvalue weighted by Crippen LogP contribution is -2.47. The van der Waals surface area contributed by atoms with Crippen molar-refractivity contribution < 1.29 is 0 Å². The van der Waals surface area contributed by atoms with Crippen molar-refractivity contribution in [1.29, 1.82) is 0 Å². The lowest BCUT2D eigenvalue weighted by atomic mass is 9.50. The smallest absolute Gasteiger partial charge is 0.0334 e. The first kappa shape index (κ1) is 32.2.